The Hall–Kier alpha value is -3.05. The highest BCUT2D eigenvalue weighted by molar-refractivity contribution is 7.99. The van der Waals surface area contributed by atoms with Crippen molar-refractivity contribution in [1.29, 1.82) is 0 Å². The summed E-state index contributed by atoms with van der Waals surface area (Å²) >= 11 is 1.66. The minimum Gasteiger partial charge on any atom is -0.352 e. The number of thioether (sulfide) groups is 1. The van der Waals surface area contributed by atoms with Crippen molar-refractivity contribution >= 4 is 23.6 Å². The number of benzene rings is 3. The maximum atomic E-state index is 13.6. The summed E-state index contributed by atoms with van der Waals surface area (Å²) in [5, 5.41) is 3.04. The second kappa shape index (κ2) is 13.0. The standard InChI is InChI=1S/C29H34N2O2S/c1-22(2)30-29(33)27(20-24-12-6-4-7-13-24)31(21-25-14-10-11-23(3)19-25)28(32)17-18-34-26-15-8-5-9-16-26/h4-16,19,22,27H,17-18,20-21H2,1-3H3,(H,30,33). The molecule has 1 N–H and O–H groups in total. The molecule has 0 aliphatic heterocycles. The lowest BCUT2D eigenvalue weighted by Gasteiger charge is -2.32. The second-order valence-corrected chi connectivity index (χ2v) is 9.96. The highest BCUT2D eigenvalue weighted by Crippen LogP contribution is 2.21. The predicted octanol–water partition coefficient (Wildman–Crippen LogP) is 5.64. The normalized spacial score (nSPS) is 11.8. The Kier molecular flexibility index (Phi) is 9.77. The summed E-state index contributed by atoms with van der Waals surface area (Å²) in [4.78, 5) is 29.8. The molecular formula is C29H34N2O2S. The van der Waals surface area contributed by atoms with Crippen LogP contribution >= 0.6 is 11.8 Å². The second-order valence-electron chi connectivity index (χ2n) is 8.79. The van der Waals surface area contributed by atoms with Crippen molar-refractivity contribution in [2.75, 3.05) is 5.75 Å². The van der Waals surface area contributed by atoms with E-state index in [1.807, 2.05) is 99.6 Å². The van der Waals surface area contributed by atoms with Crippen LogP contribution in [0.25, 0.3) is 0 Å². The number of carbonyl (C=O) groups excluding carboxylic acids is 2. The van der Waals surface area contributed by atoms with Crippen LogP contribution < -0.4 is 5.32 Å². The number of hydrogen-bond donors (Lipinski definition) is 1. The Labute approximate surface area is 207 Å². The Bertz CT molecular complexity index is 1050. The van der Waals surface area contributed by atoms with E-state index in [0.29, 0.717) is 25.1 Å². The predicted molar refractivity (Wildman–Crippen MR) is 141 cm³/mol. The van der Waals surface area contributed by atoms with Crippen LogP contribution in [-0.4, -0.2) is 34.6 Å². The van der Waals surface area contributed by atoms with E-state index in [1.54, 1.807) is 16.7 Å². The summed E-state index contributed by atoms with van der Waals surface area (Å²) in [6, 6.07) is 27.6. The van der Waals surface area contributed by atoms with Crippen LogP contribution in [0.2, 0.25) is 0 Å². The Morgan fingerprint density at radius 1 is 0.882 bits per heavy atom. The maximum Gasteiger partial charge on any atom is 0.243 e. The minimum atomic E-state index is -0.584. The summed E-state index contributed by atoms with van der Waals surface area (Å²) in [7, 11) is 0. The highest BCUT2D eigenvalue weighted by atomic mass is 32.2. The maximum absolute atomic E-state index is 13.6. The lowest BCUT2D eigenvalue weighted by atomic mass is 10.0. The van der Waals surface area contributed by atoms with Crippen molar-refractivity contribution in [3.63, 3.8) is 0 Å². The number of rotatable bonds is 11. The molecule has 0 aliphatic rings. The molecule has 0 bridgehead atoms. The van der Waals surface area contributed by atoms with Gasteiger partial charge < -0.3 is 10.2 Å². The first kappa shape index (κ1) is 25.6. The third kappa shape index (κ3) is 8.07. The average Bonchev–Trinajstić information content (AvgIpc) is 2.82. The first-order chi connectivity index (χ1) is 16.4. The lowest BCUT2D eigenvalue weighted by molar-refractivity contribution is -0.141. The van der Waals surface area contributed by atoms with E-state index in [9.17, 15) is 9.59 Å². The fourth-order valence-electron chi connectivity index (χ4n) is 3.86. The monoisotopic (exact) mass is 474 g/mol. The van der Waals surface area contributed by atoms with Gasteiger partial charge in [0, 0.05) is 36.1 Å². The average molecular weight is 475 g/mol. The molecule has 3 aromatic rings. The summed E-state index contributed by atoms with van der Waals surface area (Å²) in [6.07, 6.45) is 0.842. The molecule has 1 unspecified atom stereocenters. The van der Waals surface area contributed by atoms with Crippen LogP contribution in [0.1, 0.15) is 37.0 Å². The van der Waals surface area contributed by atoms with E-state index in [0.717, 1.165) is 21.6 Å². The molecule has 0 spiro atoms. The molecule has 4 nitrogen and oxygen atoms in total. The zero-order valence-electron chi connectivity index (χ0n) is 20.2. The lowest BCUT2D eigenvalue weighted by Crippen LogP contribution is -2.51. The SMILES string of the molecule is Cc1cccc(CN(C(=O)CCSc2ccccc2)C(Cc2ccccc2)C(=O)NC(C)C)c1. The zero-order chi connectivity index (χ0) is 24.3. The molecule has 3 aromatic carbocycles. The smallest absolute Gasteiger partial charge is 0.243 e. The van der Waals surface area contributed by atoms with Crippen molar-refractivity contribution in [2.45, 2.75) is 57.1 Å². The molecule has 178 valence electrons. The van der Waals surface area contributed by atoms with Gasteiger partial charge in [0.2, 0.25) is 11.8 Å². The molecule has 0 aromatic heterocycles. The Morgan fingerprint density at radius 2 is 1.53 bits per heavy atom. The highest BCUT2D eigenvalue weighted by Gasteiger charge is 2.30. The van der Waals surface area contributed by atoms with Gasteiger partial charge >= 0.3 is 0 Å². The van der Waals surface area contributed by atoms with Crippen LogP contribution in [0.3, 0.4) is 0 Å². The van der Waals surface area contributed by atoms with Crippen molar-refractivity contribution in [3.05, 3.63) is 102 Å². The molecule has 5 heteroatoms. The van der Waals surface area contributed by atoms with E-state index in [-0.39, 0.29) is 17.9 Å². The summed E-state index contributed by atoms with van der Waals surface area (Å²) in [5.74, 6) is 0.539. The van der Waals surface area contributed by atoms with E-state index < -0.39 is 6.04 Å². The van der Waals surface area contributed by atoms with Crippen LogP contribution in [0.4, 0.5) is 0 Å². The van der Waals surface area contributed by atoms with E-state index >= 15 is 0 Å². The van der Waals surface area contributed by atoms with Gasteiger partial charge in [0.15, 0.2) is 0 Å². The molecule has 0 radical (unpaired) electrons. The fourth-order valence-corrected chi connectivity index (χ4v) is 4.72. The van der Waals surface area contributed by atoms with Gasteiger partial charge in [-0.1, -0.05) is 78.4 Å². The van der Waals surface area contributed by atoms with Crippen LogP contribution in [0, 0.1) is 6.92 Å². The van der Waals surface area contributed by atoms with Crippen molar-refractivity contribution in [3.8, 4) is 0 Å². The number of carbonyl (C=O) groups is 2. The Balaban J connectivity index is 1.85. The molecule has 0 saturated carbocycles. The minimum absolute atomic E-state index is 0.00432. The van der Waals surface area contributed by atoms with Gasteiger partial charge in [0.1, 0.15) is 6.04 Å². The van der Waals surface area contributed by atoms with Crippen LogP contribution in [0.15, 0.2) is 89.8 Å². The van der Waals surface area contributed by atoms with Gasteiger partial charge in [-0.3, -0.25) is 9.59 Å². The molecule has 34 heavy (non-hydrogen) atoms. The third-order valence-corrected chi connectivity index (χ3v) is 6.48. The van der Waals surface area contributed by atoms with Crippen molar-refractivity contribution in [1.82, 2.24) is 10.2 Å². The molecular weight excluding hydrogens is 440 g/mol. The molecule has 0 fully saturated rings. The number of hydrogen-bond acceptors (Lipinski definition) is 3. The van der Waals surface area contributed by atoms with Gasteiger partial charge in [-0.05, 0) is 44.0 Å². The first-order valence-electron chi connectivity index (χ1n) is 11.8. The van der Waals surface area contributed by atoms with E-state index in [4.69, 9.17) is 0 Å². The topological polar surface area (TPSA) is 49.4 Å². The van der Waals surface area contributed by atoms with Crippen LogP contribution in [-0.2, 0) is 22.6 Å². The summed E-state index contributed by atoms with van der Waals surface area (Å²) in [6.45, 7) is 6.33. The molecule has 0 aliphatic carbocycles. The van der Waals surface area contributed by atoms with E-state index in [2.05, 4.69) is 11.4 Å². The van der Waals surface area contributed by atoms with E-state index in [1.165, 1.54) is 0 Å². The van der Waals surface area contributed by atoms with Gasteiger partial charge in [-0.15, -0.1) is 11.8 Å². The largest absolute Gasteiger partial charge is 0.352 e. The van der Waals surface area contributed by atoms with Gasteiger partial charge in [0.25, 0.3) is 0 Å². The number of nitrogens with zero attached hydrogens (tertiary/aromatic N) is 1. The van der Waals surface area contributed by atoms with Gasteiger partial charge in [0.05, 0.1) is 0 Å². The first-order valence-corrected chi connectivity index (χ1v) is 12.8. The molecule has 0 saturated heterocycles. The van der Waals surface area contributed by atoms with Crippen molar-refractivity contribution in [2.24, 2.45) is 0 Å². The van der Waals surface area contributed by atoms with Crippen LogP contribution in [0.5, 0.6) is 0 Å². The molecule has 1 atom stereocenters. The molecule has 3 rings (SSSR count). The third-order valence-electron chi connectivity index (χ3n) is 5.47. The zero-order valence-corrected chi connectivity index (χ0v) is 21.1. The van der Waals surface area contributed by atoms with Crippen molar-refractivity contribution < 1.29 is 9.59 Å². The number of aryl methyl sites for hydroxylation is 1. The quantitative estimate of drug-likeness (QED) is 0.366. The summed E-state index contributed by atoms with van der Waals surface area (Å²) < 4.78 is 0. The Morgan fingerprint density at radius 3 is 2.18 bits per heavy atom. The van der Waals surface area contributed by atoms with Gasteiger partial charge in [-0.25, -0.2) is 0 Å². The van der Waals surface area contributed by atoms with Gasteiger partial charge in [-0.2, -0.15) is 0 Å². The fraction of sp³-hybridized carbons (Fsp3) is 0.310. The molecule has 2 amide bonds. The number of nitrogens with one attached hydrogen (secondary N) is 1. The summed E-state index contributed by atoms with van der Waals surface area (Å²) in [5.41, 5.74) is 3.20. The number of amides is 2. The molecule has 0 heterocycles.